The van der Waals surface area contributed by atoms with Gasteiger partial charge in [-0.2, -0.15) is 0 Å². The summed E-state index contributed by atoms with van der Waals surface area (Å²) >= 11 is 1.03. The third-order valence-corrected chi connectivity index (χ3v) is 5.79. The number of hydrogen-bond donors (Lipinski definition) is 1. The van der Waals surface area contributed by atoms with Crippen molar-refractivity contribution in [2.75, 3.05) is 17.9 Å². The van der Waals surface area contributed by atoms with Crippen molar-refractivity contribution in [3.63, 3.8) is 0 Å². The Balaban J connectivity index is 2.45. The SMILES string of the molecule is CCOC(=O)c1ccc(C(=O)OCC)c(NS(=O)(=O)c2cccs2)c1. The van der Waals surface area contributed by atoms with E-state index in [2.05, 4.69) is 4.72 Å². The van der Waals surface area contributed by atoms with Crippen molar-refractivity contribution in [1.82, 2.24) is 0 Å². The number of sulfonamides is 1. The van der Waals surface area contributed by atoms with Gasteiger partial charge in [-0.25, -0.2) is 18.0 Å². The molecule has 1 N–H and O–H groups in total. The van der Waals surface area contributed by atoms with E-state index in [1.807, 2.05) is 0 Å². The van der Waals surface area contributed by atoms with E-state index in [-0.39, 0.29) is 34.2 Å². The molecule has 9 heteroatoms. The third kappa shape index (κ3) is 4.58. The molecule has 0 atom stereocenters. The van der Waals surface area contributed by atoms with E-state index in [0.29, 0.717) is 0 Å². The Bertz CT molecular complexity index is 859. The Kier molecular flexibility index (Phi) is 6.16. The molecule has 0 unspecified atom stereocenters. The minimum atomic E-state index is -3.89. The van der Waals surface area contributed by atoms with Gasteiger partial charge in [-0.15, -0.1) is 11.3 Å². The van der Waals surface area contributed by atoms with Crippen LogP contribution < -0.4 is 4.72 Å². The maximum absolute atomic E-state index is 12.4. The molecular weight excluding hydrogens is 366 g/mol. The summed E-state index contributed by atoms with van der Waals surface area (Å²) in [4.78, 5) is 24.0. The minimum Gasteiger partial charge on any atom is -0.462 e. The molecule has 0 saturated carbocycles. The minimum absolute atomic E-state index is 0.00929. The Morgan fingerprint density at radius 3 is 2.36 bits per heavy atom. The predicted octanol–water partition coefficient (Wildman–Crippen LogP) is 2.90. The zero-order valence-corrected chi connectivity index (χ0v) is 15.3. The molecule has 1 heterocycles. The third-order valence-electron chi connectivity index (χ3n) is 3.03. The van der Waals surface area contributed by atoms with Gasteiger partial charge in [0.2, 0.25) is 0 Å². The lowest BCUT2D eigenvalue weighted by molar-refractivity contribution is 0.0512. The Labute approximate surface area is 149 Å². The van der Waals surface area contributed by atoms with Crippen LogP contribution in [-0.2, 0) is 19.5 Å². The largest absolute Gasteiger partial charge is 0.462 e. The highest BCUT2D eigenvalue weighted by Crippen LogP contribution is 2.25. The number of carbonyl (C=O) groups excluding carboxylic acids is 2. The molecule has 1 aromatic heterocycles. The van der Waals surface area contributed by atoms with Gasteiger partial charge in [-0.05, 0) is 43.5 Å². The molecule has 0 spiro atoms. The van der Waals surface area contributed by atoms with Crippen LogP contribution in [0.25, 0.3) is 0 Å². The summed E-state index contributed by atoms with van der Waals surface area (Å²) in [6.07, 6.45) is 0. The summed E-state index contributed by atoms with van der Waals surface area (Å²) in [7, 11) is -3.89. The normalized spacial score (nSPS) is 11.0. The second-order valence-electron chi connectivity index (χ2n) is 4.74. The number of carbonyl (C=O) groups is 2. The molecule has 0 saturated heterocycles. The van der Waals surface area contributed by atoms with Gasteiger partial charge in [0.25, 0.3) is 10.0 Å². The number of esters is 2. The second kappa shape index (κ2) is 8.13. The monoisotopic (exact) mass is 383 g/mol. The van der Waals surface area contributed by atoms with Gasteiger partial charge in [0, 0.05) is 0 Å². The topological polar surface area (TPSA) is 98.8 Å². The van der Waals surface area contributed by atoms with E-state index in [0.717, 1.165) is 11.3 Å². The molecule has 25 heavy (non-hydrogen) atoms. The van der Waals surface area contributed by atoms with Crippen molar-refractivity contribution >= 4 is 39.0 Å². The average Bonchev–Trinajstić information content (AvgIpc) is 3.10. The Hall–Kier alpha value is -2.39. The van der Waals surface area contributed by atoms with Gasteiger partial charge >= 0.3 is 11.9 Å². The molecule has 0 aliphatic carbocycles. The zero-order chi connectivity index (χ0) is 18.4. The molecule has 0 radical (unpaired) electrons. The van der Waals surface area contributed by atoms with Gasteiger partial charge in [-0.3, -0.25) is 4.72 Å². The Morgan fingerprint density at radius 1 is 1.08 bits per heavy atom. The number of anilines is 1. The van der Waals surface area contributed by atoms with Crippen LogP contribution in [0.3, 0.4) is 0 Å². The first kappa shape index (κ1) is 18.9. The van der Waals surface area contributed by atoms with Gasteiger partial charge in [-0.1, -0.05) is 6.07 Å². The number of ether oxygens (including phenoxy) is 2. The van der Waals surface area contributed by atoms with Gasteiger partial charge in [0.1, 0.15) is 4.21 Å². The number of hydrogen-bond acceptors (Lipinski definition) is 7. The van der Waals surface area contributed by atoms with E-state index in [9.17, 15) is 18.0 Å². The zero-order valence-electron chi connectivity index (χ0n) is 13.6. The molecule has 0 amide bonds. The van der Waals surface area contributed by atoms with E-state index in [1.165, 1.54) is 24.3 Å². The fourth-order valence-corrected chi connectivity index (χ4v) is 4.03. The first-order valence-electron chi connectivity index (χ1n) is 7.43. The van der Waals surface area contributed by atoms with Gasteiger partial charge in [0.15, 0.2) is 0 Å². The van der Waals surface area contributed by atoms with Crippen LogP contribution in [0, 0.1) is 0 Å². The van der Waals surface area contributed by atoms with Gasteiger partial charge in [0.05, 0.1) is 30.0 Å². The average molecular weight is 383 g/mol. The fourth-order valence-electron chi connectivity index (χ4n) is 1.97. The molecular formula is C16H17NO6S2. The van der Waals surface area contributed by atoms with Crippen LogP contribution in [0.5, 0.6) is 0 Å². The molecule has 7 nitrogen and oxygen atoms in total. The van der Waals surface area contributed by atoms with Crippen LogP contribution in [-0.4, -0.2) is 33.6 Å². The number of benzene rings is 1. The lowest BCUT2D eigenvalue weighted by Gasteiger charge is -2.12. The van der Waals surface area contributed by atoms with E-state index < -0.39 is 22.0 Å². The van der Waals surface area contributed by atoms with Crippen LogP contribution in [0.4, 0.5) is 5.69 Å². The van der Waals surface area contributed by atoms with E-state index in [1.54, 1.807) is 25.3 Å². The summed E-state index contributed by atoms with van der Waals surface area (Å²) in [6.45, 7) is 3.61. The van der Waals surface area contributed by atoms with Crippen molar-refractivity contribution in [3.05, 3.63) is 46.8 Å². The van der Waals surface area contributed by atoms with E-state index in [4.69, 9.17) is 9.47 Å². The summed E-state index contributed by atoms with van der Waals surface area (Å²) in [5.74, 6) is -1.31. The molecule has 1 aromatic carbocycles. The smallest absolute Gasteiger partial charge is 0.340 e. The molecule has 0 aliphatic heterocycles. The van der Waals surface area contributed by atoms with Crippen LogP contribution in [0.1, 0.15) is 34.6 Å². The highest BCUT2D eigenvalue weighted by Gasteiger charge is 2.22. The summed E-state index contributed by atoms with van der Waals surface area (Å²) in [5.41, 5.74) is 0.0891. The summed E-state index contributed by atoms with van der Waals surface area (Å²) in [5, 5.41) is 1.62. The van der Waals surface area contributed by atoms with Crippen molar-refractivity contribution in [2.24, 2.45) is 0 Å². The van der Waals surface area contributed by atoms with Crippen LogP contribution in [0.2, 0.25) is 0 Å². The Morgan fingerprint density at radius 2 is 1.76 bits per heavy atom. The number of nitrogens with one attached hydrogen (secondary N) is 1. The highest BCUT2D eigenvalue weighted by molar-refractivity contribution is 7.94. The highest BCUT2D eigenvalue weighted by atomic mass is 32.2. The first-order chi connectivity index (χ1) is 11.9. The predicted molar refractivity (Wildman–Crippen MR) is 93.5 cm³/mol. The summed E-state index contributed by atoms with van der Waals surface area (Å²) < 4.78 is 37.1. The van der Waals surface area contributed by atoms with Crippen molar-refractivity contribution in [2.45, 2.75) is 18.1 Å². The lowest BCUT2D eigenvalue weighted by atomic mass is 10.1. The summed E-state index contributed by atoms with van der Waals surface area (Å²) in [6, 6.07) is 7.01. The molecule has 2 rings (SSSR count). The molecule has 0 aliphatic rings. The van der Waals surface area contributed by atoms with Gasteiger partial charge < -0.3 is 9.47 Å². The van der Waals surface area contributed by atoms with E-state index >= 15 is 0 Å². The molecule has 0 fully saturated rings. The number of thiophene rings is 1. The van der Waals surface area contributed by atoms with Crippen molar-refractivity contribution in [3.8, 4) is 0 Å². The quantitative estimate of drug-likeness (QED) is 0.738. The standard InChI is InChI=1S/C16H17NO6S2/c1-3-22-15(18)11-7-8-12(16(19)23-4-2)13(10-11)17-25(20,21)14-6-5-9-24-14/h5-10,17H,3-4H2,1-2H3. The first-order valence-corrected chi connectivity index (χ1v) is 9.80. The van der Waals surface area contributed by atoms with Crippen LogP contribution >= 0.6 is 11.3 Å². The molecule has 0 bridgehead atoms. The lowest BCUT2D eigenvalue weighted by Crippen LogP contribution is -2.17. The maximum Gasteiger partial charge on any atom is 0.340 e. The van der Waals surface area contributed by atoms with Crippen LogP contribution in [0.15, 0.2) is 39.9 Å². The molecule has 2 aromatic rings. The van der Waals surface area contributed by atoms with Crippen molar-refractivity contribution in [1.29, 1.82) is 0 Å². The maximum atomic E-state index is 12.4. The van der Waals surface area contributed by atoms with Crippen molar-refractivity contribution < 1.29 is 27.5 Å². The molecule has 134 valence electrons. The second-order valence-corrected chi connectivity index (χ2v) is 7.60. The number of rotatable bonds is 7. The fraction of sp³-hybridized carbons (Fsp3) is 0.250.